The van der Waals surface area contributed by atoms with Gasteiger partial charge in [-0.1, -0.05) is 0 Å². The Balaban J connectivity index is 2.44. The van der Waals surface area contributed by atoms with Crippen molar-refractivity contribution in [3.63, 3.8) is 0 Å². The smallest absolute Gasteiger partial charge is 0.0969 e. The number of aromatic nitrogens is 3. The van der Waals surface area contributed by atoms with Crippen LogP contribution in [0.1, 0.15) is 11.3 Å². The van der Waals surface area contributed by atoms with Gasteiger partial charge in [-0.3, -0.25) is 10.1 Å². The molecule has 0 bridgehead atoms. The van der Waals surface area contributed by atoms with Gasteiger partial charge in [0.1, 0.15) is 0 Å². The Morgan fingerprint density at radius 2 is 2.07 bits per heavy atom. The molecular weight excluding hydrogens is 188 g/mol. The van der Waals surface area contributed by atoms with Crippen molar-refractivity contribution < 1.29 is 0 Å². The molecule has 4 nitrogen and oxygen atoms in total. The maximum absolute atomic E-state index is 4.31. The van der Waals surface area contributed by atoms with Gasteiger partial charge in [0.2, 0.25) is 0 Å². The minimum Gasteiger partial charge on any atom is -0.316 e. The number of hydrogen-bond acceptors (Lipinski definition) is 3. The largest absolute Gasteiger partial charge is 0.316 e. The Bertz CT molecular complexity index is 433. The molecule has 0 aliphatic carbocycles. The van der Waals surface area contributed by atoms with Crippen molar-refractivity contribution in [3.8, 4) is 11.3 Å². The van der Waals surface area contributed by atoms with E-state index in [1.54, 1.807) is 12.4 Å². The SMILES string of the molecule is CNCc1c(-c2ccncc2)n[nH]c1C. The molecule has 0 amide bonds. The second kappa shape index (κ2) is 4.23. The summed E-state index contributed by atoms with van der Waals surface area (Å²) in [7, 11) is 1.93. The molecule has 2 rings (SSSR count). The first-order valence-electron chi connectivity index (χ1n) is 4.91. The Hall–Kier alpha value is -1.68. The third kappa shape index (κ3) is 1.89. The molecule has 0 unspecified atom stereocenters. The summed E-state index contributed by atoms with van der Waals surface area (Å²) in [6.07, 6.45) is 3.56. The first kappa shape index (κ1) is 9.86. The van der Waals surface area contributed by atoms with Gasteiger partial charge in [-0.05, 0) is 26.1 Å². The van der Waals surface area contributed by atoms with Crippen LogP contribution in [0.5, 0.6) is 0 Å². The van der Waals surface area contributed by atoms with Crippen LogP contribution in [0.15, 0.2) is 24.5 Å². The van der Waals surface area contributed by atoms with Crippen molar-refractivity contribution in [1.29, 1.82) is 0 Å². The molecule has 2 N–H and O–H groups in total. The molecule has 2 heterocycles. The number of nitrogens with zero attached hydrogens (tertiary/aromatic N) is 2. The van der Waals surface area contributed by atoms with Crippen LogP contribution in [-0.2, 0) is 6.54 Å². The molecule has 0 spiro atoms. The average molecular weight is 202 g/mol. The van der Waals surface area contributed by atoms with Crippen LogP contribution in [0, 0.1) is 6.92 Å². The van der Waals surface area contributed by atoms with E-state index >= 15 is 0 Å². The molecule has 2 aromatic rings. The standard InChI is InChI=1S/C11H14N4/c1-8-10(7-12-2)11(15-14-8)9-3-5-13-6-4-9/h3-6,12H,7H2,1-2H3,(H,14,15). The van der Waals surface area contributed by atoms with E-state index in [2.05, 4.69) is 20.5 Å². The highest BCUT2D eigenvalue weighted by molar-refractivity contribution is 5.63. The van der Waals surface area contributed by atoms with Gasteiger partial charge in [-0.2, -0.15) is 5.10 Å². The van der Waals surface area contributed by atoms with Crippen molar-refractivity contribution in [3.05, 3.63) is 35.8 Å². The third-order valence-electron chi connectivity index (χ3n) is 2.38. The van der Waals surface area contributed by atoms with Gasteiger partial charge in [-0.15, -0.1) is 0 Å². The molecule has 0 aliphatic rings. The minimum absolute atomic E-state index is 0.819. The molecule has 0 aromatic carbocycles. The zero-order valence-corrected chi connectivity index (χ0v) is 8.91. The normalized spacial score (nSPS) is 10.5. The van der Waals surface area contributed by atoms with Crippen molar-refractivity contribution in [2.45, 2.75) is 13.5 Å². The zero-order valence-electron chi connectivity index (χ0n) is 8.91. The topological polar surface area (TPSA) is 53.6 Å². The van der Waals surface area contributed by atoms with Crippen molar-refractivity contribution in [1.82, 2.24) is 20.5 Å². The number of hydrogen-bond donors (Lipinski definition) is 2. The number of aryl methyl sites for hydroxylation is 1. The first-order valence-corrected chi connectivity index (χ1v) is 4.91. The zero-order chi connectivity index (χ0) is 10.7. The summed E-state index contributed by atoms with van der Waals surface area (Å²) in [5, 5.41) is 10.5. The third-order valence-corrected chi connectivity index (χ3v) is 2.38. The van der Waals surface area contributed by atoms with Crippen LogP contribution in [0.25, 0.3) is 11.3 Å². The molecule has 2 aromatic heterocycles. The van der Waals surface area contributed by atoms with E-state index in [4.69, 9.17) is 0 Å². The molecule has 0 fully saturated rings. The van der Waals surface area contributed by atoms with E-state index in [1.165, 1.54) is 5.56 Å². The van der Waals surface area contributed by atoms with Crippen LogP contribution in [0.2, 0.25) is 0 Å². The lowest BCUT2D eigenvalue weighted by Gasteiger charge is -2.02. The summed E-state index contributed by atoms with van der Waals surface area (Å²) in [5.74, 6) is 0. The monoisotopic (exact) mass is 202 g/mol. The predicted octanol–water partition coefficient (Wildman–Crippen LogP) is 1.50. The first-order chi connectivity index (χ1) is 7.33. The van der Waals surface area contributed by atoms with Gasteiger partial charge in [0.25, 0.3) is 0 Å². The van der Waals surface area contributed by atoms with E-state index < -0.39 is 0 Å². The summed E-state index contributed by atoms with van der Waals surface area (Å²) in [6.45, 7) is 2.85. The molecule has 0 atom stereocenters. The minimum atomic E-state index is 0.819. The van der Waals surface area contributed by atoms with Crippen LogP contribution in [0.4, 0.5) is 0 Å². The number of pyridine rings is 1. The van der Waals surface area contributed by atoms with E-state index in [0.29, 0.717) is 0 Å². The van der Waals surface area contributed by atoms with Gasteiger partial charge in [0, 0.05) is 35.8 Å². The van der Waals surface area contributed by atoms with Crippen molar-refractivity contribution in [2.75, 3.05) is 7.05 Å². The molecule has 0 saturated carbocycles. The molecular formula is C11H14N4. The lowest BCUT2D eigenvalue weighted by molar-refractivity contribution is 0.813. The summed E-state index contributed by atoms with van der Waals surface area (Å²) in [5.41, 5.74) is 4.42. The number of rotatable bonds is 3. The quantitative estimate of drug-likeness (QED) is 0.793. The van der Waals surface area contributed by atoms with Gasteiger partial charge in [0.05, 0.1) is 5.69 Å². The predicted molar refractivity (Wildman–Crippen MR) is 59.3 cm³/mol. The second-order valence-electron chi connectivity index (χ2n) is 3.44. The maximum Gasteiger partial charge on any atom is 0.0969 e. The fraction of sp³-hybridized carbons (Fsp3) is 0.273. The van der Waals surface area contributed by atoms with E-state index in [-0.39, 0.29) is 0 Å². The van der Waals surface area contributed by atoms with E-state index in [9.17, 15) is 0 Å². The fourth-order valence-electron chi connectivity index (χ4n) is 1.59. The summed E-state index contributed by atoms with van der Waals surface area (Å²) >= 11 is 0. The van der Waals surface area contributed by atoms with Crippen LogP contribution >= 0.6 is 0 Å². The van der Waals surface area contributed by atoms with Crippen LogP contribution in [0.3, 0.4) is 0 Å². The highest BCUT2D eigenvalue weighted by Gasteiger charge is 2.10. The van der Waals surface area contributed by atoms with Crippen LogP contribution in [-0.4, -0.2) is 22.2 Å². The lowest BCUT2D eigenvalue weighted by atomic mass is 10.1. The highest BCUT2D eigenvalue weighted by Crippen LogP contribution is 2.22. The van der Waals surface area contributed by atoms with Gasteiger partial charge < -0.3 is 5.32 Å². The molecule has 0 aliphatic heterocycles. The van der Waals surface area contributed by atoms with Crippen LogP contribution < -0.4 is 5.32 Å². The molecule has 4 heteroatoms. The number of H-pyrrole nitrogens is 1. The number of aromatic amines is 1. The maximum atomic E-state index is 4.31. The Morgan fingerprint density at radius 3 is 2.73 bits per heavy atom. The van der Waals surface area contributed by atoms with Gasteiger partial charge in [0.15, 0.2) is 0 Å². The lowest BCUT2D eigenvalue weighted by Crippen LogP contribution is -2.06. The Morgan fingerprint density at radius 1 is 1.33 bits per heavy atom. The van der Waals surface area contributed by atoms with Gasteiger partial charge >= 0.3 is 0 Å². The number of nitrogens with one attached hydrogen (secondary N) is 2. The Kier molecular flexibility index (Phi) is 2.78. The molecule has 15 heavy (non-hydrogen) atoms. The highest BCUT2D eigenvalue weighted by atomic mass is 15.1. The van der Waals surface area contributed by atoms with Gasteiger partial charge in [-0.25, -0.2) is 0 Å². The molecule has 0 radical (unpaired) electrons. The average Bonchev–Trinajstić information content (AvgIpc) is 2.63. The second-order valence-corrected chi connectivity index (χ2v) is 3.44. The van der Waals surface area contributed by atoms with E-state index in [1.807, 2.05) is 26.1 Å². The van der Waals surface area contributed by atoms with Crippen molar-refractivity contribution in [2.24, 2.45) is 0 Å². The molecule has 0 saturated heterocycles. The summed E-state index contributed by atoms with van der Waals surface area (Å²) < 4.78 is 0. The Labute approximate surface area is 88.8 Å². The van der Waals surface area contributed by atoms with E-state index in [0.717, 1.165) is 23.5 Å². The fourth-order valence-corrected chi connectivity index (χ4v) is 1.59. The summed E-state index contributed by atoms with van der Waals surface area (Å²) in [6, 6.07) is 3.93. The summed E-state index contributed by atoms with van der Waals surface area (Å²) in [4.78, 5) is 4.00. The molecule has 78 valence electrons. The van der Waals surface area contributed by atoms with Crippen molar-refractivity contribution >= 4 is 0 Å².